The summed E-state index contributed by atoms with van der Waals surface area (Å²) in [6.45, 7) is 0.226. The molecule has 0 bridgehead atoms. The first-order valence-electron chi connectivity index (χ1n) is 5.97. The smallest absolute Gasteiger partial charge is 0.357 e. The van der Waals surface area contributed by atoms with E-state index >= 15 is 0 Å². The van der Waals surface area contributed by atoms with E-state index in [2.05, 4.69) is 15.0 Å². The van der Waals surface area contributed by atoms with Crippen molar-refractivity contribution in [3.05, 3.63) is 40.9 Å². The second-order valence-electron chi connectivity index (χ2n) is 4.46. The van der Waals surface area contributed by atoms with Crippen LogP contribution in [0, 0.1) is 0 Å². The summed E-state index contributed by atoms with van der Waals surface area (Å²) in [5.74, 6) is 0. The maximum absolute atomic E-state index is 12.5. The van der Waals surface area contributed by atoms with Gasteiger partial charge < -0.3 is 5.32 Å². The number of nitrogens with one attached hydrogen (secondary N) is 2. The minimum absolute atomic E-state index is 0.147. The SMILES string of the molecule is CS(=O)(=O)Nc1cccc(CNc2ncc(C(F)(F)F)s2)c1. The number of rotatable bonds is 5. The number of hydrogen-bond acceptors (Lipinski definition) is 5. The Kier molecular flexibility index (Phi) is 4.61. The third-order valence-electron chi connectivity index (χ3n) is 2.46. The summed E-state index contributed by atoms with van der Waals surface area (Å²) in [5.41, 5.74) is 1.09. The summed E-state index contributed by atoms with van der Waals surface area (Å²) < 4.78 is 62.0. The van der Waals surface area contributed by atoms with Crippen molar-refractivity contribution in [1.29, 1.82) is 0 Å². The van der Waals surface area contributed by atoms with Gasteiger partial charge in [-0.15, -0.1) is 0 Å². The summed E-state index contributed by atoms with van der Waals surface area (Å²) in [4.78, 5) is 2.88. The first kappa shape index (κ1) is 16.6. The van der Waals surface area contributed by atoms with Gasteiger partial charge in [0.2, 0.25) is 10.0 Å². The highest BCUT2D eigenvalue weighted by Gasteiger charge is 2.33. The Morgan fingerprint density at radius 1 is 1.32 bits per heavy atom. The van der Waals surface area contributed by atoms with Crippen molar-refractivity contribution in [2.45, 2.75) is 12.7 Å². The van der Waals surface area contributed by atoms with Gasteiger partial charge in [-0.25, -0.2) is 13.4 Å². The molecule has 5 nitrogen and oxygen atoms in total. The molecule has 0 radical (unpaired) electrons. The van der Waals surface area contributed by atoms with Crippen LogP contribution in [0.4, 0.5) is 24.0 Å². The molecule has 22 heavy (non-hydrogen) atoms. The Labute approximate surface area is 129 Å². The first-order chi connectivity index (χ1) is 10.1. The number of hydrogen-bond donors (Lipinski definition) is 2. The van der Waals surface area contributed by atoms with Gasteiger partial charge in [0.15, 0.2) is 5.13 Å². The zero-order valence-electron chi connectivity index (χ0n) is 11.3. The molecule has 0 aliphatic carbocycles. The van der Waals surface area contributed by atoms with Crippen LogP contribution >= 0.6 is 11.3 Å². The summed E-state index contributed by atoms with van der Waals surface area (Å²) in [6, 6.07) is 6.54. The van der Waals surface area contributed by atoms with E-state index in [1.54, 1.807) is 24.3 Å². The van der Waals surface area contributed by atoms with Gasteiger partial charge in [-0.3, -0.25) is 4.72 Å². The molecule has 2 rings (SSSR count). The van der Waals surface area contributed by atoms with E-state index in [9.17, 15) is 21.6 Å². The van der Waals surface area contributed by atoms with Crippen LogP contribution in [-0.2, 0) is 22.7 Å². The van der Waals surface area contributed by atoms with E-state index in [0.29, 0.717) is 22.6 Å². The fraction of sp³-hybridized carbons (Fsp3) is 0.250. The average molecular weight is 351 g/mol. The standard InChI is InChI=1S/C12H12F3N3O2S2/c1-22(19,20)18-9-4-2-3-8(5-9)6-16-11-17-7-10(21-11)12(13,14)15/h2-5,7,18H,6H2,1H3,(H,16,17). The number of benzene rings is 1. The molecule has 0 amide bonds. The highest BCUT2D eigenvalue weighted by Crippen LogP contribution is 2.35. The number of halogens is 3. The van der Waals surface area contributed by atoms with Crippen LogP contribution in [0.25, 0.3) is 0 Å². The Bertz CT molecular complexity index is 757. The molecular weight excluding hydrogens is 339 g/mol. The number of aromatic nitrogens is 1. The molecule has 2 aromatic rings. The number of thiazole rings is 1. The number of nitrogens with zero attached hydrogens (tertiary/aromatic N) is 1. The van der Waals surface area contributed by atoms with E-state index in [1.165, 1.54) is 0 Å². The van der Waals surface area contributed by atoms with Crippen LogP contribution in [0.5, 0.6) is 0 Å². The molecule has 2 N–H and O–H groups in total. The Balaban J connectivity index is 2.03. The van der Waals surface area contributed by atoms with E-state index in [1.807, 2.05) is 0 Å². The summed E-state index contributed by atoms with van der Waals surface area (Å²) in [6.07, 6.45) is -2.60. The lowest BCUT2D eigenvalue weighted by atomic mass is 10.2. The van der Waals surface area contributed by atoms with Gasteiger partial charge in [0, 0.05) is 12.2 Å². The van der Waals surface area contributed by atoms with Crippen molar-refractivity contribution in [2.75, 3.05) is 16.3 Å². The maximum atomic E-state index is 12.5. The maximum Gasteiger partial charge on any atom is 0.427 e. The Hall–Kier alpha value is -1.81. The van der Waals surface area contributed by atoms with Crippen LogP contribution in [0.1, 0.15) is 10.4 Å². The van der Waals surface area contributed by atoms with Crippen LogP contribution < -0.4 is 10.0 Å². The molecular formula is C12H12F3N3O2S2. The van der Waals surface area contributed by atoms with Crippen molar-refractivity contribution >= 4 is 32.2 Å². The van der Waals surface area contributed by atoms with Crippen molar-refractivity contribution in [1.82, 2.24) is 4.98 Å². The fourth-order valence-corrected chi connectivity index (χ4v) is 2.86. The minimum Gasteiger partial charge on any atom is -0.357 e. The lowest BCUT2D eigenvalue weighted by Gasteiger charge is -2.07. The van der Waals surface area contributed by atoms with Crippen molar-refractivity contribution < 1.29 is 21.6 Å². The topological polar surface area (TPSA) is 71.1 Å². The lowest BCUT2D eigenvalue weighted by molar-refractivity contribution is -0.134. The Morgan fingerprint density at radius 3 is 2.64 bits per heavy atom. The zero-order chi connectivity index (χ0) is 16.4. The van der Waals surface area contributed by atoms with E-state index in [-0.39, 0.29) is 11.7 Å². The predicted molar refractivity (Wildman–Crippen MR) is 79.4 cm³/mol. The molecule has 0 fully saturated rings. The summed E-state index contributed by atoms with van der Waals surface area (Å²) in [5, 5.41) is 2.92. The molecule has 10 heteroatoms. The van der Waals surface area contributed by atoms with E-state index in [4.69, 9.17) is 0 Å². The normalized spacial score (nSPS) is 12.2. The van der Waals surface area contributed by atoms with Gasteiger partial charge in [-0.2, -0.15) is 13.2 Å². The van der Waals surface area contributed by atoms with Crippen LogP contribution in [-0.4, -0.2) is 19.7 Å². The predicted octanol–water partition coefficient (Wildman–Crippen LogP) is 3.15. The van der Waals surface area contributed by atoms with Gasteiger partial charge >= 0.3 is 6.18 Å². The molecule has 0 saturated heterocycles. The average Bonchev–Trinajstić information content (AvgIpc) is 2.83. The largest absolute Gasteiger partial charge is 0.427 e. The highest BCUT2D eigenvalue weighted by atomic mass is 32.2. The summed E-state index contributed by atoms with van der Waals surface area (Å²) >= 11 is 0.515. The Morgan fingerprint density at radius 2 is 2.05 bits per heavy atom. The number of sulfonamides is 1. The van der Waals surface area contributed by atoms with Gasteiger partial charge in [-0.1, -0.05) is 23.5 Å². The molecule has 0 saturated carbocycles. The number of alkyl halides is 3. The molecule has 0 aliphatic heterocycles. The van der Waals surface area contributed by atoms with Gasteiger partial charge in [0.1, 0.15) is 4.88 Å². The van der Waals surface area contributed by atoms with Crippen molar-refractivity contribution in [3.8, 4) is 0 Å². The highest BCUT2D eigenvalue weighted by molar-refractivity contribution is 7.92. The lowest BCUT2D eigenvalue weighted by Crippen LogP contribution is -2.10. The van der Waals surface area contributed by atoms with Crippen LogP contribution in [0.15, 0.2) is 30.5 Å². The van der Waals surface area contributed by atoms with Gasteiger partial charge in [0.25, 0.3) is 0 Å². The molecule has 0 unspecified atom stereocenters. The molecule has 1 aromatic carbocycles. The molecule has 120 valence electrons. The first-order valence-corrected chi connectivity index (χ1v) is 8.68. The molecule has 1 aromatic heterocycles. The van der Waals surface area contributed by atoms with Crippen LogP contribution in [0.2, 0.25) is 0 Å². The molecule has 0 aliphatic rings. The monoisotopic (exact) mass is 351 g/mol. The molecule has 1 heterocycles. The van der Waals surface area contributed by atoms with Gasteiger partial charge in [-0.05, 0) is 17.7 Å². The van der Waals surface area contributed by atoms with Crippen molar-refractivity contribution in [2.24, 2.45) is 0 Å². The zero-order valence-corrected chi connectivity index (χ0v) is 12.9. The molecule has 0 spiro atoms. The fourth-order valence-electron chi connectivity index (χ4n) is 1.62. The van der Waals surface area contributed by atoms with E-state index < -0.39 is 21.1 Å². The van der Waals surface area contributed by atoms with E-state index in [0.717, 1.165) is 12.5 Å². The second-order valence-corrected chi connectivity index (χ2v) is 7.23. The molecule has 0 atom stereocenters. The third-order valence-corrected chi connectivity index (χ3v) is 4.07. The third kappa shape index (κ3) is 4.88. The minimum atomic E-state index is -4.41. The van der Waals surface area contributed by atoms with Crippen LogP contribution in [0.3, 0.4) is 0 Å². The van der Waals surface area contributed by atoms with Gasteiger partial charge in [0.05, 0.1) is 12.5 Å². The second kappa shape index (κ2) is 6.13. The number of anilines is 2. The summed E-state index contributed by atoms with van der Waals surface area (Å²) in [7, 11) is -3.38. The van der Waals surface area contributed by atoms with Crippen molar-refractivity contribution in [3.63, 3.8) is 0 Å². The quantitative estimate of drug-likeness (QED) is 0.868.